The van der Waals surface area contributed by atoms with Crippen molar-refractivity contribution in [2.24, 2.45) is 17.4 Å². The molecule has 0 unspecified atom stereocenters. The van der Waals surface area contributed by atoms with Gasteiger partial charge in [0, 0.05) is 0 Å². The highest BCUT2D eigenvalue weighted by molar-refractivity contribution is 4.58. The van der Waals surface area contributed by atoms with E-state index >= 15 is 0 Å². The smallest absolute Gasteiger partial charge is 0.00183 e. The van der Waals surface area contributed by atoms with Gasteiger partial charge in [0.15, 0.2) is 0 Å². The lowest BCUT2D eigenvalue weighted by Crippen LogP contribution is -2.27. The number of unbranched alkanes of at least 4 members (excludes halogenated alkanes) is 3. The summed E-state index contributed by atoms with van der Waals surface area (Å²) in [5.41, 5.74) is 5.50. The first-order valence-electron chi connectivity index (χ1n) is 6.60. The van der Waals surface area contributed by atoms with Crippen LogP contribution in [0.4, 0.5) is 0 Å². The van der Waals surface area contributed by atoms with Crippen LogP contribution in [0.25, 0.3) is 0 Å². The Morgan fingerprint density at radius 1 is 0.750 bits per heavy atom. The van der Waals surface area contributed by atoms with Crippen molar-refractivity contribution in [1.29, 1.82) is 0 Å². The van der Waals surface area contributed by atoms with Crippen LogP contribution in [0, 0.1) is 0 Å². The van der Waals surface area contributed by atoms with Crippen LogP contribution >= 0.6 is 0 Å². The predicted molar refractivity (Wildman–Crippen MR) is 72.9 cm³/mol. The molecule has 0 rings (SSSR count). The third-order valence-corrected chi connectivity index (χ3v) is 2.58. The fourth-order valence-corrected chi connectivity index (χ4v) is 1.58. The Labute approximate surface area is 102 Å². The van der Waals surface area contributed by atoms with E-state index in [4.69, 9.17) is 5.73 Å². The van der Waals surface area contributed by atoms with Gasteiger partial charge in [0.05, 0.1) is 0 Å². The van der Waals surface area contributed by atoms with Gasteiger partial charge in [-0.25, -0.2) is 0 Å². The van der Waals surface area contributed by atoms with Gasteiger partial charge in [0.2, 0.25) is 0 Å². The molecule has 0 saturated heterocycles. The minimum Gasteiger partial charge on any atom is -0.330 e. The summed E-state index contributed by atoms with van der Waals surface area (Å²) in [7, 11) is 0. The maximum atomic E-state index is 5.50. The molecule has 100 valence electrons. The van der Waals surface area contributed by atoms with E-state index in [1.807, 2.05) is 0 Å². The highest BCUT2D eigenvalue weighted by atomic mass is 15.1. The molecule has 0 aliphatic rings. The molecule has 4 heteroatoms. The van der Waals surface area contributed by atoms with Gasteiger partial charge in [-0.2, -0.15) is 0 Å². The van der Waals surface area contributed by atoms with Crippen LogP contribution in [-0.4, -0.2) is 31.1 Å². The molecule has 0 saturated carbocycles. The number of hydrogen-bond acceptors (Lipinski definition) is 4. The van der Waals surface area contributed by atoms with Gasteiger partial charge in [-0.15, -0.1) is 0 Å². The third-order valence-electron chi connectivity index (χ3n) is 2.58. The van der Waals surface area contributed by atoms with Crippen molar-refractivity contribution in [3.8, 4) is 0 Å². The minimum atomic E-state index is 0.843. The van der Waals surface area contributed by atoms with Gasteiger partial charge >= 0.3 is 0 Å². The summed E-state index contributed by atoms with van der Waals surface area (Å²) in [4.78, 5) is 2.60. The summed E-state index contributed by atoms with van der Waals surface area (Å²) in [6.45, 7) is 9.17. The SMILES string of the molecule is CCCCN(CCCC)CCCCN.NN. The molecule has 0 aliphatic heterocycles. The fourth-order valence-electron chi connectivity index (χ4n) is 1.58. The Morgan fingerprint density at radius 2 is 1.19 bits per heavy atom. The molecule has 0 atom stereocenters. The van der Waals surface area contributed by atoms with E-state index in [0.29, 0.717) is 0 Å². The molecule has 0 aliphatic carbocycles. The number of hydrazine groups is 1. The molecule has 0 aromatic rings. The number of nitrogens with two attached hydrogens (primary N) is 3. The highest BCUT2D eigenvalue weighted by Gasteiger charge is 2.02. The van der Waals surface area contributed by atoms with Crippen LogP contribution in [0.3, 0.4) is 0 Å². The average molecular weight is 232 g/mol. The zero-order chi connectivity index (χ0) is 12.6. The third kappa shape index (κ3) is 13.8. The van der Waals surface area contributed by atoms with E-state index in [-0.39, 0.29) is 0 Å². The molecule has 0 heterocycles. The molecule has 0 spiro atoms. The lowest BCUT2D eigenvalue weighted by molar-refractivity contribution is 0.260. The Balaban J connectivity index is 0. The monoisotopic (exact) mass is 232 g/mol. The van der Waals surface area contributed by atoms with Crippen LogP contribution < -0.4 is 17.4 Å². The normalized spacial score (nSPS) is 10.1. The maximum Gasteiger partial charge on any atom is -0.00183 e. The Bertz CT molecular complexity index is 101. The second kappa shape index (κ2) is 17.2. The summed E-state index contributed by atoms with van der Waals surface area (Å²) < 4.78 is 0. The van der Waals surface area contributed by atoms with Gasteiger partial charge in [0.1, 0.15) is 0 Å². The molecule has 6 N–H and O–H groups in total. The van der Waals surface area contributed by atoms with Crippen LogP contribution in [0.15, 0.2) is 0 Å². The van der Waals surface area contributed by atoms with Crippen molar-refractivity contribution in [1.82, 2.24) is 4.90 Å². The number of nitrogens with zero attached hydrogens (tertiary/aromatic N) is 1. The van der Waals surface area contributed by atoms with Crippen molar-refractivity contribution in [2.45, 2.75) is 52.4 Å². The molecule has 0 fully saturated rings. The fraction of sp³-hybridized carbons (Fsp3) is 1.00. The van der Waals surface area contributed by atoms with E-state index in [0.717, 1.165) is 6.54 Å². The molecule has 16 heavy (non-hydrogen) atoms. The molecule has 0 bridgehead atoms. The molecule has 4 nitrogen and oxygen atoms in total. The molecule has 0 aromatic carbocycles. The first-order valence-corrected chi connectivity index (χ1v) is 6.60. The van der Waals surface area contributed by atoms with E-state index in [9.17, 15) is 0 Å². The first-order chi connectivity index (χ1) is 7.85. The van der Waals surface area contributed by atoms with Gasteiger partial charge in [0.25, 0.3) is 0 Å². The van der Waals surface area contributed by atoms with Crippen LogP contribution in [0.2, 0.25) is 0 Å². The molecule has 0 aromatic heterocycles. The van der Waals surface area contributed by atoms with E-state index in [1.54, 1.807) is 0 Å². The van der Waals surface area contributed by atoms with Gasteiger partial charge in [-0.05, 0) is 51.9 Å². The van der Waals surface area contributed by atoms with Crippen LogP contribution in [0.5, 0.6) is 0 Å². The topological polar surface area (TPSA) is 81.3 Å². The van der Waals surface area contributed by atoms with Crippen molar-refractivity contribution in [3.63, 3.8) is 0 Å². The Morgan fingerprint density at radius 3 is 1.56 bits per heavy atom. The summed E-state index contributed by atoms with van der Waals surface area (Å²) in [6, 6.07) is 0. The van der Waals surface area contributed by atoms with E-state index < -0.39 is 0 Å². The van der Waals surface area contributed by atoms with Crippen molar-refractivity contribution in [2.75, 3.05) is 26.2 Å². The van der Waals surface area contributed by atoms with E-state index in [2.05, 4.69) is 30.4 Å². The Hall–Kier alpha value is -0.160. The maximum absolute atomic E-state index is 5.50. The molecular weight excluding hydrogens is 200 g/mol. The van der Waals surface area contributed by atoms with Gasteiger partial charge in [-0.3, -0.25) is 11.7 Å². The summed E-state index contributed by atoms with van der Waals surface area (Å²) in [6.07, 6.45) is 7.73. The van der Waals surface area contributed by atoms with Crippen molar-refractivity contribution in [3.05, 3.63) is 0 Å². The average Bonchev–Trinajstić information content (AvgIpc) is 2.34. The van der Waals surface area contributed by atoms with Gasteiger partial charge in [-0.1, -0.05) is 26.7 Å². The van der Waals surface area contributed by atoms with E-state index in [1.165, 1.54) is 58.2 Å². The zero-order valence-electron chi connectivity index (χ0n) is 11.3. The van der Waals surface area contributed by atoms with Crippen LogP contribution in [-0.2, 0) is 0 Å². The summed E-state index contributed by atoms with van der Waals surface area (Å²) in [5, 5.41) is 0. The van der Waals surface area contributed by atoms with Crippen molar-refractivity contribution >= 4 is 0 Å². The zero-order valence-corrected chi connectivity index (χ0v) is 11.3. The molecule has 0 radical (unpaired) electrons. The van der Waals surface area contributed by atoms with Crippen LogP contribution in [0.1, 0.15) is 52.4 Å². The lowest BCUT2D eigenvalue weighted by Gasteiger charge is -2.21. The predicted octanol–water partition coefficient (Wildman–Crippen LogP) is 1.45. The molecule has 0 amide bonds. The lowest BCUT2D eigenvalue weighted by atomic mass is 10.2. The molecular formula is C12H32N4. The highest BCUT2D eigenvalue weighted by Crippen LogP contribution is 2.01. The largest absolute Gasteiger partial charge is 0.330 e. The quantitative estimate of drug-likeness (QED) is 0.302. The van der Waals surface area contributed by atoms with Crippen molar-refractivity contribution < 1.29 is 0 Å². The first kappa shape index (κ1) is 18.2. The Kier molecular flexibility index (Phi) is 19.6. The second-order valence-corrected chi connectivity index (χ2v) is 4.04. The number of hydrogen-bond donors (Lipinski definition) is 3. The summed E-state index contributed by atoms with van der Waals surface area (Å²) in [5.74, 6) is 8.00. The van der Waals surface area contributed by atoms with Gasteiger partial charge < -0.3 is 10.6 Å². The minimum absolute atomic E-state index is 0.843. The summed E-state index contributed by atoms with van der Waals surface area (Å²) >= 11 is 0. The standard InChI is InChI=1S/C12H28N2.H4N2/c1-3-5-10-14(11-6-4-2)12-8-7-9-13;1-2/h3-13H2,1-2H3;1-2H2. The number of rotatable bonds is 10. The second-order valence-electron chi connectivity index (χ2n) is 4.04.